The largest absolute Gasteiger partial charge is 0.504 e. The summed E-state index contributed by atoms with van der Waals surface area (Å²) in [6.45, 7) is 0.824. The molecule has 2 N–H and O–H groups in total. The summed E-state index contributed by atoms with van der Waals surface area (Å²) in [5.41, 5.74) is 4.21. The molecule has 1 saturated carbocycles. The molecule has 156 valence electrons. The van der Waals surface area contributed by atoms with Crippen LogP contribution in [-0.4, -0.2) is 34.2 Å². The second-order valence-electron chi connectivity index (χ2n) is 7.09. The average Bonchev–Trinajstić information content (AvgIpc) is 3.46. The van der Waals surface area contributed by atoms with Gasteiger partial charge in [0.05, 0.1) is 18.3 Å². The van der Waals surface area contributed by atoms with Gasteiger partial charge in [0.1, 0.15) is 12.4 Å². The molecule has 3 aromatic rings. The molecule has 0 atom stereocenters. The molecule has 2 aromatic carbocycles. The number of rotatable bonds is 8. The lowest BCUT2D eigenvalue weighted by Crippen LogP contribution is -2.36. The van der Waals surface area contributed by atoms with Crippen LogP contribution in [0.25, 0.3) is 0 Å². The van der Waals surface area contributed by atoms with E-state index in [2.05, 4.69) is 10.3 Å². The minimum absolute atomic E-state index is 0.0816. The van der Waals surface area contributed by atoms with Crippen molar-refractivity contribution in [3.05, 3.63) is 64.6 Å². The van der Waals surface area contributed by atoms with E-state index >= 15 is 0 Å². The van der Waals surface area contributed by atoms with E-state index in [0.29, 0.717) is 30.3 Å². The van der Waals surface area contributed by atoms with Crippen molar-refractivity contribution in [2.24, 2.45) is 0 Å². The Balaban J connectivity index is 1.41. The standard InChI is InChI=1S/C22H23N3O4S/c1-28-21-9-15(5-8-20(21)26)11-25(18-6-7-18)22(27)24-16-3-2-4-19(10-16)29-12-17-13-30-14-23-17/h2-5,8-10,13-14,18,26H,6-7,11-12H2,1H3,(H,24,27). The Morgan fingerprint density at radius 3 is 2.90 bits per heavy atom. The Morgan fingerprint density at radius 1 is 1.30 bits per heavy atom. The fourth-order valence-corrected chi connectivity index (χ4v) is 3.64. The Labute approximate surface area is 178 Å². The quantitative estimate of drug-likeness (QED) is 0.550. The number of hydrogen-bond donors (Lipinski definition) is 2. The minimum Gasteiger partial charge on any atom is -0.504 e. The third-order valence-electron chi connectivity index (χ3n) is 4.80. The van der Waals surface area contributed by atoms with Gasteiger partial charge in [-0.3, -0.25) is 0 Å². The van der Waals surface area contributed by atoms with Crippen LogP contribution >= 0.6 is 11.3 Å². The predicted molar refractivity (Wildman–Crippen MR) is 115 cm³/mol. The third-order valence-corrected chi connectivity index (χ3v) is 5.44. The molecular formula is C22H23N3O4S. The number of phenolic OH excluding ortho intramolecular Hbond substituents is 1. The highest BCUT2D eigenvalue weighted by Gasteiger charge is 2.32. The van der Waals surface area contributed by atoms with E-state index in [1.165, 1.54) is 18.4 Å². The molecule has 8 heteroatoms. The van der Waals surface area contributed by atoms with Crippen LogP contribution in [0.1, 0.15) is 24.1 Å². The second kappa shape index (κ2) is 9.04. The highest BCUT2D eigenvalue weighted by atomic mass is 32.1. The van der Waals surface area contributed by atoms with Crippen molar-refractivity contribution in [3.63, 3.8) is 0 Å². The van der Waals surface area contributed by atoms with E-state index in [1.807, 2.05) is 28.5 Å². The SMILES string of the molecule is COc1cc(CN(C(=O)Nc2cccc(OCc3cscn3)c2)C2CC2)ccc1O. The van der Waals surface area contributed by atoms with Crippen molar-refractivity contribution in [2.75, 3.05) is 12.4 Å². The summed E-state index contributed by atoms with van der Waals surface area (Å²) in [5, 5.41) is 14.7. The van der Waals surface area contributed by atoms with Crippen molar-refractivity contribution >= 4 is 23.1 Å². The highest BCUT2D eigenvalue weighted by Crippen LogP contribution is 2.32. The fraction of sp³-hybridized carbons (Fsp3) is 0.273. The van der Waals surface area contributed by atoms with Gasteiger partial charge in [-0.25, -0.2) is 9.78 Å². The van der Waals surface area contributed by atoms with Gasteiger partial charge in [-0.15, -0.1) is 11.3 Å². The molecule has 1 fully saturated rings. The maximum Gasteiger partial charge on any atom is 0.322 e. The first kappa shape index (κ1) is 20.0. The second-order valence-corrected chi connectivity index (χ2v) is 7.81. The molecule has 4 rings (SSSR count). The number of aromatic hydroxyl groups is 1. The summed E-state index contributed by atoms with van der Waals surface area (Å²) in [5.74, 6) is 1.15. The van der Waals surface area contributed by atoms with Crippen molar-refractivity contribution < 1.29 is 19.4 Å². The van der Waals surface area contributed by atoms with Gasteiger partial charge in [0.25, 0.3) is 0 Å². The summed E-state index contributed by atoms with van der Waals surface area (Å²) >= 11 is 1.53. The van der Waals surface area contributed by atoms with Crippen LogP contribution in [0.5, 0.6) is 17.2 Å². The van der Waals surface area contributed by atoms with Crippen LogP contribution in [-0.2, 0) is 13.2 Å². The van der Waals surface area contributed by atoms with Gasteiger partial charge < -0.3 is 24.8 Å². The molecule has 30 heavy (non-hydrogen) atoms. The number of benzene rings is 2. The average molecular weight is 426 g/mol. The normalized spacial score (nSPS) is 13.0. The summed E-state index contributed by atoms with van der Waals surface area (Å²) < 4.78 is 10.9. The summed E-state index contributed by atoms with van der Waals surface area (Å²) in [7, 11) is 1.51. The number of nitrogens with one attached hydrogen (secondary N) is 1. The lowest BCUT2D eigenvalue weighted by Gasteiger charge is -2.23. The molecule has 0 spiro atoms. The zero-order chi connectivity index (χ0) is 20.9. The molecule has 1 aliphatic carbocycles. The van der Waals surface area contributed by atoms with Gasteiger partial charge in [-0.2, -0.15) is 0 Å². The van der Waals surface area contributed by atoms with Crippen LogP contribution in [0, 0.1) is 0 Å². The number of anilines is 1. The number of amides is 2. The summed E-state index contributed by atoms with van der Waals surface area (Å²) in [6.07, 6.45) is 1.97. The number of carbonyl (C=O) groups excluding carboxylic acids is 1. The number of methoxy groups -OCH3 is 1. The molecular weight excluding hydrogens is 402 g/mol. The number of nitrogens with zero attached hydrogens (tertiary/aromatic N) is 2. The molecule has 0 radical (unpaired) electrons. The zero-order valence-corrected chi connectivity index (χ0v) is 17.4. The minimum atomic E-state index is -0.166. The number of carbonyl (C=O) groups is 1. The van der Waals surface area contributed by atoms with Crippen molar-refractivity contribution in [2.45, 2.75) is 32.0 Å². The van der Waals surface area contributed by atoms with E-state index in [1.54, 1.807) is 29.8 Å². The van der Waals surface area contributed by atoms with Gasteiger partial charge in [-0.1, -0.05) is 12.1 Å². The molecule has 7 nitrogen and oxygen atoms in total. The number of phenols is 1. The van der Waals surface area contributed by atoms with Crippen LogP contribution in [0.3, 0.4) is 0 Å². The number of thiazole rings is 1. The zero-order valence-electron chi connectivity index (χ0n) is 16.6. The van der Waals surface area contributed by atoms with Gasteiger partial charge >= 0.3 is 6.03 Å². The van der Waals surface area contributed by atoms with Crippen molar-refractivity contribution in [1.29, 1.82) is 0 Å². The number of urea groups is 1. The smallest absolute Gasteiger partial charge is 0.322 e. The Hall–Kier alpha value is -3.26. The molecule has 0 saturated heterocycles. The van der Waals surface area contributed by atoms with Crippen LogP contribution in [0.4, 0.5) is 10.5 Å². The monoisotopic (exact) mass is 425 g/mol. The molecule has 0 aliphatic heterocycles. The van der Waals surface area contributed by atoms with Crippen molar-refractivity contribution in [1.82, 2.24) is 9.88 Å². The molecule has 0 unspecified atom stereocenters. The van der Waals surface area contributed by atoms with E-state index in [4.69, 9.17) is 9.47 Å². The first-order valence-corrected chi connectivity index (χ1v) is 10.6. The lowest BCUT2D eigenvalue weighted by atomic mass is 10.2. The van der Waals surface area contributed by atoms with E-state index < -0.39 is 0 Å². The predicted octanol–water partition coefficient (Wildman–Crippen LogP) is 4.63. The van der Waals surface area contributed by atoms with E-state index in [-0.39, 0.29) is 17.8 Å². The molecule has 2 amide bonds. The maximum absolute atomic E-state index is 13.0. The van der Waals surface area contributed by atoms with E-state index in [0.717, 1.165) is 24.1 Å². The lowest BCUT2D eigenvalue weighted by molar-refractivity contribution is 0.206. The fourth-order valence-electron chi connectivity index (χ4n) is 3.10. The Kier molecular flexibility index (Phi) is 6.04. The van der Waals surface area contributed by atoms with Gasteiger partial charge in [0.15, 0.2) is 11.5 Å². The highest BCUT2D eigenvalue weighted by molar-refractivity contribution is 7.07. The molecule has 0 bridgehead atoms. The van der Waals surface area contributed by atoms with Gasteiger partial charge in [-0.05, 0) is 42.7 Å². The first-order valence-electron chi connectivity index (χ1n) is 9.66. The van der Waals surface area contributed by atoms with E-state index in [9.17, 15) is 9.90 Å². The summed E-state index contributed by atoms with van der Waals surface area (Å²) in [4.78, 5) is 19.0. The topological polar surface area (TPSA) is 83.9 Å². The molecule has 1 aromatic heterocycles. The number of aromatic nitrogens is 1. The van der Waals surface area contributed by atoms with Gasteiger partial charge in [0.2, 0.25) is 0 Å². The van der Waals surface area contributed by atoms with Crippen LogP contribution in [0.2, 0.25) is 0 Å². The molecule has 1 heterocycles. The first-order chi connectivity index (χ1) is 14.6. The van der Waals surface area contributed by atoms with Gasteiger partial charge in [0, 0.05) is 29.7 Å². The Bertz CT molecular complexity index is 1010. The molecule has 1 aliphatic rings. The number of hydrogen-bond acceptors (Lipinski definition) is 6. The maximum atomic E-state index is 13.0. The van der Waals surface area contributed by atoms with Crippen molar-refractivity contribution in [3.8, 4) is 17.2 Å². The Morgan fingerprint density at radius 2 is 2.17 bits per heavy atom. The van der Waals surface area contributed by atoms with Crippen LogP contribution < -0.4 is 14.8 Å². The third kappa shape index (κ3) is 5.01. The summed E-state index contributed by atoms with van der Waals surface area (Å²) in [6, 6.07) is 12.5. The number of ether oxygens (including phenoxy) is 2. The van der Waals surface area contributed by atoms with Crippen LogP contribution in [0.15, 0.2) is 53.4 Å².